The third kappa shape index (κ3) is 4.14. The van der Waals surface area contributed by atoms with E-state index in [1.807, 2.05) is 19.1 Å². The number of nitrogens with one attached hydrogen (secondary N) is 1. The summed E-state index contributed by atoms with van der Waals surface area (Å²) in [5.74, 6) is 1.30. The Hall–Kier alpha value is -2.71. The number of anilines is 1. The van der Waals surface area contributed by atoms with Gasteiger partial charge in [0.15, 0.2) is 11.5 Å². The smallest absolute Gasteiger partial charge is 0.253 e. The first kappa shape index (κ1) is 23.7. The van der Waals surface area contributed by atoms with E-state index in [-0.39, 0.29) is 17.5 Å². The average Bonchev–Trinajstić information content (AvgIpc) is 3.64. The summed E-state index contributed by atoms with van der Waals surface area (Å²) in [5.41, 5.74) is 1.41. The Morgan fingerprint density at radius 1 is 1.17 bits per heavy atom. The topological polar surface area (TPSA) is 116 Å². The summed E-state index contributed by atoms with van der Waals surface area (Å²) < 4.78 is 41.7. The standard InChI is InChI=1S/C22H20ClN5O5S3/c1-12-8-19(28(26-12)22-24-13-9-15-16(33-11-32-15)10-17(13)34-22)25-21(29)14-4-2-3-7-27(14)36(30,31)20-6-5-18(23)35-20/h5-6,8-10,14H,2-4,7,11H2,1H3,(H,25,29). The molecule has 3 aromatic heterocycles. The lowest BCUT2D eigenvalue weighted by Crippen LogP contribution is -2.49. The summed E-state index contributed by atoms with van der Waals surface area (Å²) in [6.45, 7) is 2.26. The summed E-state index contributed by atoms with van der Waals surface area (Å²) in [6, 6.07) is 7.59. The van der Waals surface area contributed by atoms with Gasteiger partial charge in [0.2, 0.25) is 17.8 Å². The Kier molecular flexibility index (Phi) is 5.91. The number of sulfonamides is 1. The molecule has 0 spiro atoms. The third-order valence-corrected chi connectivity index (χ3v) is 10.6. The van der Waals surface area contributed by atoms with E-state index in [4.69, 9.17) is 21.1 Å². The molecule has 0 aliphatic carbocycles. The minimum Gasteiger partial charge on any atom is -0.454 e. The van der Waals surface area contributed by atoms with Gasteiger partial charge in [-0.05, 0) is 31.9 Å². The van der Waals surface area contributed by atoms with Crippen LogP contribution in [0.5, 0.6) is 11.5 Å². The predicted molar refractivity (Wildman–Crippen MR) is 137 cm³/mol. The molecule has 1 aromatic carbocycles. The largest absolute Gasteiger partial charge is 0.454 e. The number of benzene rings is 1. The first-order valence-corrected chi connectivity index (χ1v) is 14.6. The molecule has 6 rings (SSSR count). The molecule has 0 radical (unpaired) electrons. The van der Waals surface area contributed by atoms with Gasteiger partial charge in [-0.1, -0.05) is 29.4 Å². The number of nitrogens with zero attached hydrogens (tertiary/aromatic N) is 4. The molecule has 1 fully saturated rings. The molecular weight excluding hydrogens is 546 g/mol. The molecule has 4 aromatic rings. The van der Waals surface area contributed by atoms with Crippen molar-refractivity contribution >= 4 is 66.2 Å². The quantitative estimate of drug-likeness (QED) is 0.381. The van der Waals surface area contributed by atoms with E-state index in [0.717, 1.165) is 28.0 Å². The van der Waals surface area contributed by atoms with Crippen LogP contribution in [0.1, 0.15) is 25.0 Å². The van der Waals surface area contributed by atoms with Crippen molar-refractivity contribution in [1.82, 2.24) is 19.1 Å². The maximum atomic E-state index is 13.4. The summed E-state index contributed by atoms with van der Waals surface area (Å²) >= 11 is 8.36. The van der Waals surface area contributed by atoms with Gasteiger partial charge < -0.3 is 14.8 Å². The summed E-state index contributed by atoms with van der Waals surface area (Å²) in [7, 11) is -3.86. The molecule has 5 heterocycles. The number of aromatic nitrogens is 3. The number of piperidine rings is 1. The average molecular weight is 566 g/mol. The summed E-state index contributed by atoms with van der Waals surface area (Å²) in [4.78, 5) is 18.1. The number of ether oxygens (including phenoxy) is 2. The van der Waals surface area contributed by atoms with Crippen LogP contribution >= 0.6 is 34.3 Å². The van der Waals surface area contributed by atoms with Crippen LogP contribution in [-0.2, 0) is 14.8 Å². The van der Waals surface area contributed by atoms with Gasteiger partial charge in [0.1, 0.15) is 16.1 Å². The first-order chi connectivity index (χ1) is 17.3. The van der Waals surface area contributed by atoms with Crippen molar-refractivity contribution in [1.29, 1.82) is 0 Å². The Morgan fingerprint density at radius 2 is 1.97 bits per heavy atom. The molecule has 1 amide bonds. The highest BCUT2D eigenvalue weighted by molar-refractivity contribution is 7.91. The molecule has 14 heteroatoms. The van der Waals surface area contributed by atoms with Crippen molar-refractivity contribution in [2.75, 3.05) is 18.7 Å². The van der Waals surface area contributed by atoms with Crippen LogP contribution in [0.2, 0.25) is 4.34 Å². The lowest BCUT2D eigenvalue weighted by Gasteiger charge is -2.33. The molecule has 0 bridgehead atoms. The van der Waals surface area contributed by atoms with E-state index in [1.165, 1.54) is 21.7 Å². The zero-order valence-electron chi connectivity index (χ0n) is 18.9. The number of thiophene rings is 1. The number of carbonyl (C=O) groups is 1. The number of hydrogen-bond acceptors (Lipinski definition) is 9. The highest BCUT2D eigenvalue weighted by Crippen LogP contribution is 2.39. The van der Waals surface area contributed by atoms with Gasteiger partial charge in [0.05, 0.1) is 20.2 Å². The molecular formula is C22H20ClN5O5S3. The van der Waals surface area contributed by atoms with E-state index < -0.39 is 22.0 Å². The van der Waals surface area contributed by atoms with Gasteiger partial charge in [0.25, 0.3) is 10.0 Å². The summed E-state index contributed by atoms with van der Waals surface area (Å²) in [5, 5.41) is 7.97. The maximum Gasteiger partial charge on any atom is 0.253 e. The predicted octanol–water partition coefficient (Wildman–Crippen LogP) is 4.42. The number of fused-ring (bicyclic) bond motifs is 2. The van der Waals surface area contributed by atoms with Crippen LogP contribution in [0.4, 0.5) is 5.82 Å². The Bertz CT molecular complexity index is 1550. The van der Waals surface area contributed by atoms with Crippen LogP contribution in [0.15, 0.2) is 34.5 Å². The van der Waals surface area contributed by atoms with Gasteiger partial charge in [0, 0.05) is 24.7 Å². The number of thiazole rings is 1. The number of carbonyl (C=O) groups excluding carboxylic acids is 1. The Labute approximate surface area is 219 Å². The van der Waals surface area contributed by atoms with E-state index in [9.17, 15) is 13.2 Å². The van der Waals surface area contributed by atoms with Gasteiger partial charge in [-0.3, -0.25) is 4.79 Å². The number of aryl methyl sites for hydroxylation is 1. The van der Waals surface area contributed by atoms with E-state index >= 15 is 0 Å². The highest BCUT2D eigenvalue weighted by Gasteiger charge is 2.38. The van der Waals surface area contributed by atoms with E-state index in [2.05, 4.69) is 15.4 Å². The number of amides is 1. The van der Waals surface area contributed by atoms with Crippen LogP contribution in [0.3, 0.4) is 0 Å². The van der Waals surface area contributed by atoms with Crippen molar-refractivity contribution < 1.29 is 22.7 Å². The Morgan fingerprint density at radius 3 is 2.75 bits per heavy atom. The molecule has 0 saturated carbocycles. The highest BCUT2D eigenvalue weighted by atomic mass is 35.5. The van der Waals surface area contributed by atoms with Crippen molar-refractivity contribution in [2.24, 2.45) is 0 Å². The van der Waals surface area contributed by atoms with E-state index in [0.29, 0.717) is 45.3 Å². The minimum atomic E-state index is -3.86. The molecule has 36 heavy (non-hydrogen) atoms. The zero-order valence-corrected chi connectivity index (χ0v) is 22.1. The van der Waals surface area contributed by atoms with Crippen molar-refractivity contribution in [3.63, 3.8) is 0 Å². The second-order valence-electron chi connectivity index (χ2n) is 8.43. The van der Waals surface area contributed by atoms with Crippen LogP contribution in [0, 0.1) is 6.92 Å². The number of hydrogen-bond donors (Lipinski definition) is 1. The van der Waals surface area contributed by atoms with Crippen LogP contribution in [-0.4, -0.2) is 52.8 Å². The molecule has 10 nitrogen and oxygen atoms in total. The molecule has 1 N–H and O–H groups in total. The van der Waals surface area contributed by atoms with Crippen molar-refractivity contribution in [2.45, 2.75) is 36.4 Å². The second kappa shape index (κ2) is 8.99. The molecule has 188 valence electrons. The minimum absolute atomic E-state index is 0.127. The van der Waals surface area contributed by atoms with Crippen molar-refractivity contribution in [3.05, 3.63) is 40.4 Å². The third-order valence-electron chi connectivity index (χ3n) is 6.00. The fourth-order valence-corrected chi connectivity index (χ4v) is 8.56. The van der Waals surface area contributed by atoms with E-state index in [1.54, 1.807) is 16.8 Å². The van der Waals surface area contributed by atoms with Crippen LogP contribution in [0.25, 0.3) is 15.3 Å². The SMILES string of the molecule is Cc1cc(NC(=O)C2CCCCN2S(=O)(=O)c2ccc(Cl)s2)n(-c2nc3cc4c(cc3s2)OCO4)n1. The lowest BCUT2D eigenvalue weighted by molar-refractivity contribution is -0.120. The van der Waals surface area contributed by atoms with Gasteiger partial charge in [-0.25, -0.2) is 13.4 Å². The van der Waals surface area contributed by atoms with Crippen molar-refractivity contribution in [3.8, 4) is 16.6 Å². The first-order valence-electron chi connectivity index (χ1n) is 11.1. The van der Waals surface area contributed by atoms with Gasteiger partial charge >= 0.3 is 0 Å². The number of halogens is 1. The molecule has 1 saturated heterocycles. The second-order valence-corrected chi connectivity index (χ2v) is 13.3. The van der Waals surface area contributed by atoms with Crippen LogP contribution < -0.4 is 14.8 Å². The number of rotatable bonds is 5. The lowest BCUT2D eigenvalue weighted by atomic mass is 10.0. The zero-order chi connectivity index (χ0) is 25.0. The summed E-state index contributed by atoms with van der Waals surface area (Å²) in [6.07, 6.45) is 1.85. The Balaban J connectivity index is 1.30. The fraction of sp³-hybridized carbons (Fsp3) is 0.318. The van der Waals surface area contributed by atoms with Gasteiger partial charge in [-0.2, -0.15) is 14.1 Å². The maximum absolute atomic E-state index is 13.4. The molecule has 2 aliphatic rings. The van der Waals surface area contributed by atoms with Gasteiger partial charge in [-0.15, -0.1) is 11.3 Å². The fourth-order valence-electron chi connectivity index (χ4n) is 4.35. The molecule has 1 unspecified atom stereocenters. The monoisotopic (exact) mass is 565 g/mol. The molecule has 1 atom stereocenters. The normalized spacial score (nSPS) is 18.1. The molecule has 2 aliphatic heterocycles.